The van der Waals surface area contributed by atoms with Crippen molar-refractivity contribution in [1.82, 2.24) is 0 Å². The quantitative estimate of drug-likeness (QED) is 0.478. The second-order valence-corrected chi connectivity index (χ2v) is 5.24. The number of esters is 1. The second-order valence-electron chi connectivity index (χ2n) is 4.17. The first-order valence-corrected chi connectivity index (χ1v) is 7.13. The van der Waals surface area contributed by atoms with Gasteiger partial charge in [-0.1, -0.05) is 0 Å². The Hall–Kier alpha value is -1.82. The molecule has 0 fully saturated rings. The number of hydrogen-bond acceptors (Lipinski definition) is 6. The molecule has 1 aromatic carbocycles. The Morgan fingerprint density at radius 3 is 2.80 bits per heavy atom. The highest BCUT2D eigenvalue weighted by molar-refractivity contribution is 7.99. The lowest BCUT2D eigenvalue weighted by atomic mass is 9.94. The first kappa shape index (κ1) is 14.6. The summed E-state index contributed by atoms with van der Waals surface area (Å²) >= 11 is 1.38. The van der Waals surface area contributed by atoms with E-state index in [2.05, 4.69) is 4.74 Å². The Kier molecular flexibility index (Phi) is 4.44. The van der Waals surface area contributed by atoms with Crippen LogP contribution in [0.5, 0.6) is 5.75 Å². The maximum Gasteiger partial charge on any atom is 0.375 e. The summed E-state index contributed by atoms with van der Waals surface area (Å²) in [6.07, 6.45) is 0. The van der Waals surface area contributed by atoms with Crippen LogP contribution in [0.15, 0.2) is 23.1 Å². The molecule has 0 N–H and O–H groups in total. The Balaban J connectivity index is 2.26. The zero-order chi connectivity index (χ0) is 14.7. The van der Waals surface area contributed by atoms with E-state index in [4.69, 9.17) is 4.74 Å². The van der Waals surface area contributed by atoms with Gasteiger partial charge in [-0.15, -0.1) is 11.8 Å². The van der Waals surface area contributed by atoms with Crippen LogP contribution in [0.3, 0.4) is 0 Å². The van der Waals surface area contributed by atoms with Gasteiger partial charge in [-0.2, -0.15) is 0 Å². The summed E-state index contributed by atoms with van der Waals surface area (Å²) < 4.78 is 9.74. The van der Waals surface area contributed by atoms with Crippen LogP contribution >= 0.6 is 11.8 Å². The number of carbonyl (C=O) groups is 3. The zero-order valence-corrected chi connectivity index (χ0v) is 12.0. The van der Waals surface area contributed by atoms with E-state index < -0.39 is 17.7 Å². The van der Waals surface area contributed by atoms with Crippen molar-refractivity contribution < 1.29 is 23.9 Å². The summed E-state index contributed by atoms with van der Waals surface area (Å²) in [5.41, 5.74) is 0.420. The second kappa shape index (κ2) is 6.09. The highest BCUT2D eigenvalue weighted by Gasteiger charge is 2.37. The van der Waals surface area contributed by atoms with Crippen LogP contribution in [-0.2, 0) is 14.3 Å². The molecule has 1 aromatic rings. The van der Waals surface area contributed by atoms with Gasteiger partial charge >= 0.3 is 5.97 Å². The van der Waals surface area contributed by atoms with E-state index in [9.17, 15) is 14.4 Å². The minimum atomic E-state index is -0.973. The largest absolute Gasteiger partial charge is 0.497 e. The van der Waals surface area contributed by atoms with Crippen LogP contribution in [0.2, 0.25) is 0 Å². The van der Waals surface area contributed by atoms with Crippen molar-refractivity contribution >= 4 is 29.3 Å². The summed E-state index contributed by atoms with van der Waals surface area (Å²) in [4.78, 5) is 36.5. The molecule has 1 unspecified atom stereocenters. The van der Waals surface area contributed by atoms with Crippen LogP contribution in [0.1, 0.15) is 17.3 Å². The minimum absolute atomic E-state index is 0.114. The van der Waals surface area contributed by atoms with Crippen molar-refractivity contribution in [3.8, 4) is 5.75 Å². The van der Waals surface area contributed by atoms with Gasteiger partial charge in [0.25, 0.3) is 5.78 Å². The fraction of sp³-hybridized carbons (Fsp3) is 0.357. The molecule has 0 amide bonds. The zero-order valence-electron chi connectivity index (χ0n) is 11.2. The Bertz CT molecular complexity index is 567. The first-order chi connectivity index (χ1) is 9.58. The number of methoxy groups -OCH3 is 1. The van der Waals surface area contributed by atoms with E-state index in [1.165, 1.54) is 18.9 Å². The number of Topliss-reactive ketones (excluding diaryl/α,β-unsaturated/α-hetero) is 2. The van der Waals surface area contributed by atoms with E-state index in [-0.39, 0.29) is 18.1 Å². The van der Waals surface area contributed by atoms with E-state index in [0.717, 1.165) is 4.90 Å². The highest BCUT2D eigenvalue weighted by atomic mass is 32.2. The number of ether oxygens (including phenoxy) is 2. The summed E-state index contributed by atoms with van der Waals surface area (Å²) in [6.45, 7) is 1.73. The molecule has 1 aliphatic rings. The lowest BCUT2D eigenvalue weighted by Crippen LogP contribution is -2.35. The third kappa shape index (κ3) is 2.70. The molecule has 1 atom stereocenters. The van der Waals surface area contributed by atoms with E-state index in [1.54, 1.807) is 25.1 Å². The van der Waals surface area contributed by atoms with Crippen LogP contribution < -0.4 is 4.74 Å². The fourth-order valence-corrected chi connectivity index (χ4v) is 3.06. The Morgan fingerprint density at radius 2 is 2.15 bits per heavy atom. The standard InChI is InChI=1S/C14H14O5S/c1-3-19-14(17)13(16)10-7-20-11-5-4-8(18-2)6-9(11)12(10)15/h4-6,10H,3,7H2,1-2H3. The van der Waals surface area contributed by atoms with Gasteiger partial charge in [0.05, 0.1) is 13.7 Å². The summed E-state index contributed by atoms with van der Waals surface area (Å²) in [5, 5.41) is 0. The molecule has 5 nitrogen and oxygen atoms in total. The van der Waals surface area contributed by atoms with Gasteiger partial charge in [0.15, 0.2) is 5.78 Å². The van der Waals surface area contributed by atoms with Gasteiger partial charge in [-0.25, -0.2) is 4.79 Å². The number of carbonyl (C=O) groups excluding carboxylic acids is 3. The van der Waals surface area contributed by atoms with Gasteiger partial charge in [-0.05, 0) is 25.1 Å². The lowest BCUT2D eigenvalue weighted by molar-refractivity contribution is -0.154. The van der Waals surface area contributed by atoms with E-state index >= 15 is 0 Å². The molecule has 0 aliphatic carbocycles. The summed E-state index contributed by atoms with van der Waals surface area (Å²) in [6, 6.07) is 5.13. The summed E-state index contributed by atoms with van der Waals surface area (Å²) in [7, 11) is 1.50. The molecule has 20 heavy (non-hydrogen) atoms. The predicted molar refractivity (Wildman–Crippen MR) is 73.2 cm³/mol. The van der Waals surface area contributed by atoms with Gasteiger partial charge < -0.3 is 9.47 Å². The van der Waals surface area contributed by atoms with Crippen LogP contribution in [0, 0.1) is 5.92 Å². The van der Waals surface area contributed by atoms with Crippen molar-refractivity contribution in [2.75, 3.05) is 19.5 Å². The molecule has 1 heterocycles. The van der Waals surface area contributed by atoms with Crippen molar-refractivity contribution in [3.05, 3.63) is 23.8 Å². The van der Waals surface area contributed by atoms with Gasteiger partial charge in [0.2, 0.25) is 0 Å². The molecule has 6 heteroatoms. The van der Waals surface area contributed by atoms with Crippen molar-refractivity contribution in [2.45, 2.75) is 11.8 Å². The van der Waals surface area contributed by atoms with Crippen molar-refractivity contribution in [3.63, 3.8) is 0 Å². The van der Waals surface area contributed by atoms with Crippen LogP contribution in [-0.4, -0.2) is 37.0 Å². The SMILES string of the molecule is CCOC(=O)C(=O)C1CSc2ccc(OC)cc2C1=O. The number of hydrogen-bond donors (Lipinski definition) is 0. The van der Waals surface area contributed by atoms with E-state index in [0.29, 0.717) is 11.3 Å². The number of rotatable bonds is 4. The molecule has 0 spiro atoms. The number of thioether (sulfide) groups is 1. The number of ketones is 2. The average Bonchev–Trinajstić information content (AvgIpc) is 2.47. The van der Waals surface area contributed by atoms with Crippen molar-refractivity contribution in [2.24, 2.45) is 5.92 Å². The average molecular weight is 294 g/mol. The normalized spacial score (nSPS) is 17.3. The summed E-state index contributed by atoms with van der Waals surface area (Å²) in [5.74, 6) is -2.25. The Morgan fingerprint density at radius 1 is 1.40 bits per heavy atom. The molecule has 0 saturated carbocycles. The molecule has 106 valence electrons. The molecule has 0 aromatic heterocycles. The molecule has 1 aliphatic heterocycles. The van der Waals surface area contributed by atoms with E-state index in [1.807, 2.05) is 0 Å². The van der Waals surface area contributed by atoms with Gasteiger partial charge in [0.1, 0.15) is 11.7 Å². The fourth-order valence-electron chi connectivity index (χ4n) is 1.93. The lowest BCUT2D eigenvalue weighted by Gasteiger charge is -2.21. The molecular weight excluding hydrogens is 280 g/mol. The molecule has 2 rings (SSSR count). The Labute approximate surface area is 120 Å². The third-order valence-electron chi connectivity index (χ3n) is 2.97. The minimum Gasteiger partial charge on any atom is -0.497 e. The van der Waals surface area contributed by atoms with Crippen LogP contribution in [0.4, 0.5) is 0 Å². The molecular formula is C14H14O5S. The van der Waals surface area contributed by atoms with Crippen LogP contribution in [0.25, 0.3) is 0 Å². The number of benzene rings is 1. The number of fused-ring (bicyclic) bond motifs is 1. The van der Waals surface area contributed by atoms with Crippen molar-refractivity contribution in [1.29, 1.82) is 0 Å². The van der Waals surface area contributed by atoms with Gasteiger partial charge in [-0.3, -0.25) is 9.59 Å². The maximum atomic E-state index is 12.3. The topological polar surface area (TPSA) is 69.7 Å². The predicted octanol–water partition coefficient (Wildman–Crippen LogP) is 1.73. The maximum absolute atomic E-state index is 12.3. The molecule has 0 bridgehead atoms. The highest BCUT2D eigenvalue weighted by Crippen LogP contribution is 2.35. The third-order valence-corrected chi connectivity index (χ3v) is 4.13. The van der Waals surface area contributed by atoms with Gasteiger partial charge in [0, 0.05) is 16.2 Å². The molecule has 0 saturated heterocycles. The first-order valence-electron chi connectivity index (χ1n) is 6.14. The smallest absolute Gasteiger partial charge is 0.375 e. The monoisotopic (exact) mass is 294 g/mol. The molecule has 0 radical (unpaired) electrons.